The highest BCUT2D eigenvalue weighted by Crippen LogP contribution is 2.37. The van der Waals surface area contributed by atoms with Gasteiger partial charge in [-0.15, -0.1) is 0 Å². The number of hydrogen-bond donors (Lipinski definition) is 1. The van der Waals surface area contributed by atoms with Crippen LogP contribution >= 0.6 is 0 Å². The Morgan fingerprint density at radius 1 is 1.07 bits per heavy atom. The molecule has 29 heavy (non-hydrogen) atoms. The van der Waals surface area contributed by atoms with Crippen LogP contribution in [0.1, 0.15) is 29.5 Å². The van der Waals surface area contributed by atoms with Gasteiger partial charge in [0.2, 0.25) is 0 Å². The van der Waals surface area contributed by atoms with Crippen molar-refractivity contribution in [3.05, 3.63) is 71.4 Å². The number of H-pyrrole nitrogens is 1. The van der Waals surface area contributed by atoms with Crippen LogP contribution in [0.5, 0.6) is 0 Å². The molecule has 1 aromatic heterocycles. The van der Waals surface area contributed by atoms with Gasteiger partial charge in [-0.1, -0.05) is 30.3 Å². The van der Waals surface area contributed by atoms with Crippen molar-refractivity contribution in [1.82, 2.24) is 9.88 Å². The molecule has 1 aliphatic heterocycles. The van der Waals surface area contributed by atoms with E-state index in [1.54, 1.807) is 12.3 Å². The van der Waals surface area contributed by atoms with Crippen molar-refractivity contribution in [3.8, 4) is 0 Å². The van der Waals surface area contributed by atoms with Crippen LogP contribution in [0.15, 0.2) is 54.7 Å². The van der Waals surface area contributed by atoms with Crippen molar-refractivity contribution in [1.29, 1.82) is 0 Å². The Labute approximate surface area is 168 Å². The van der Waals surface area contributed by atoms with Gasteiger partial charge < -0.3 is 14.6 Å². The number of nitrogens with one attached hydrogen (secondary N) is 1. The van der Waals surface area contributed by atoms with Gasteiger partial charge in [-0.2, -0.15) is 13.2 Å². The number of nitrogens with zero attached hydrogens (tertiary/aromatic N) is 1. The molecule has 0 aliphatic carbocycles. The fourth-order valence-electron chi connectivity index (χ4n) is 4.24. The van der Waals surface area contributed by atoms with E-state index in [-0.39, 0.29) is 12.0 Å². The summed E-state index contributed by atoms with van der Waals surface area (Å²) in [6.45, 7) is 2.60. The van der Waals surface area contributed by atoms with Crippen LogP contribution in [0.25, 0.3) is 10.9 Å². The standard InChI is InChI=1S/C23H25F3N2O/c1-28-11-8-22(9-12-28,18-5-3-2-4-6-18)16-29-15-17-13-19(23(24,25)26)14-21-20(17)7-10-27-21/h2-7,10,13-14,27H,8-9,11-12,15-16H2,1H3. The zero-order valence-corrected chi connectivity index (χ0v) is 16.4. The van der Waals surface area contributed by atoms with Gasteiger partial charge >= 0.3 is 6.18 Å². The molecule has 0 unspecified atom stereocenters. The number of likely N-dealkylation sites (tertiary alicyclic amines) is 1. The van der Waals surface area contributed by atoms with Gasteiger partial charge in [-0.3, -0.25) is 0 Å². The summed E-state index contributed by atoms with van der Waals surface area (Å²) in [5.74, 6) is 0. The lowest BCUT2D eigenvalue weighted by atomic mass is 9.73. The highest BCUT2D eigenvalue weighted by molar-refractivity contribution is 5.83. The monoisotopic (exact) mass is 402 g/mol. The van der Waals surface area contributed by atoms with Crippen molar-refractivity contribution < 1.29 is 17.9 Å². The Morgan fingerprint density at radius 2 is 1.79 bits per heavy atom. The third-order valence-corrected chi connectivity index (χ3v) is 6.05. The maximum absolute atomic E-state index is 13.3. The molecule has 3 nitrogen and oxygen atoms in total. The molecule has 0 atom stereocenters. The van der Waals surface area contributed by atoms with E-state index in [0.29, 0.717) is 17.7 Å². The first-order valence-electron chi connectivity index (χ1n) is 9.86. The number of aromatic nitrogens is 1. The summed E-state index contributed by atoms with van der Waals surface area (Å²) >= 11 is 0. The van der Waals surface area contributed by atoms with E-state index in [0.717, 1.165) is 37.4 Å². The van der Waals surface area contributed by atoms with Gasteiger partial charge in [-0.05, 0) is 62.3 Å². The highest BCUT2D eigenvalue weighted by atomic mass is 19.4. The maximum atomic E-state index is 13.3. The SMILES string of the molecule is CN1CCC(COCc2cc(C(F)(F)F)cc3[nH]ccc23)(c2ccccc2)CC1. The Hall–Kier alpha value is -2.31. The number of halogens is 3. The number of piperidine rings is 1. The summed E-state index contributed by atoms with van der Waals surface area (Å²) in [6.07, 6.45) is -0.782. The molecular weight excluding hydrogens is 377 g/mol. The second kappa shape index (κ2) is 7.84. The lowest BCUT2D eigenvalue weighted by molar-refractivity contribution is -0.137. The van der Waals surface area contributed by atoms with E-state index in [1.807, 2.05) is 18.2 Å². The van der Waals surface area contributed by atoms with Crippen molar-refractivity contribution in [2.24, 2.45) is 0 Å². The van der Waals surface area contributed by atoms with E-state index in [9.17, 15) is 13.2 Å². The Balaban J connectivity index is 1.56. The molecule has 0 spiro atoms. The fraction of sp³-hybridized carbons (Fsp3) is 0.391. The highest BCUT2D eigenvalue weighted by Gasteiger charge is 2.36. The van der Waals surface area contributed by atoms with Gasteiger partial charge in [0, 0.05) is 22.5 Å². The number of hydrogen-bond acceptors (Lipinski definition) is 2. The molecule has 1 aliphatic rings. The molecule has 4 rings (SSSR count). The van der Waals surface area contributed by atoms with E-state index >= 15 is 0 Å². The molecule has 1 N–H and O–H groups in total. The van der Waals surface area contributed by atoms with Gasteiger partial charge in [0.1, 0.15) is 0 Å². The van der Waals surface area contributed by atoms with E-state index < -0.39 is 11.7 Å². The summed E-state index contributed by atoms with van der Waals surface area (Å²) < 4.78 is 45.9. The first-order valence-corrected chi connectivity index (χ1v) is 9.86. The Kier molecular flexibility index (Phi) is 5.40. The van der Waals surface area contributed by atoms with Crippen LogP contribution in [0.4, 0.5) is 13.2 Å². The summed E-state index contributed by atoms with van der Waals surface area (Å²) in [4.78, 5) is 5.19. The zero-order chi connectivity index (χ0) is 20.5. The Morgan fingerprint density at radius 3 is 2.48 bits per heavy atom. The minimum atomic E-state index is -4.38. The van der Waals surface area contributed by atoms with Gasteiger partial charge in [-0.25, -0.2) is 0 Å². The molecule has 2 heterocycles. The summed E-state index contributed by atoms with van der Waals surface area (Å²) in [7, 11) is 2.11. The minimum Gasteiger partial charge on any atom is -0.376 e. The van der Waals surface area contributed by atoms with Crippen LogP contribution < -0.4 is 0 Å². The second-order valence-electron chi connectivity index (χ2n) is 8.01. The molecule has 1 saturated heterocycles. The number of alkyl halides is 3. The average molecular weight is 402 g/mol. The fourth-order valence-corrected chi connectivity index (χ4v) is 4.24. The first-order chi connectivity index (χ1) is 13.9. The third kappa shape index (κ3) is 4.19. The second-order valence-corrected chi connectivity index (χ2v) is 8.01. The molecule has 0 bridgehead atoms. The van der Waals surface area contributed by atoms with E-state index in [4.69, 9.17) is 4.74 Å². The predicted molar refractivity (Wildman–Crippen MR) is 108 cm³/mol. The topological polar surface area (TPSA) is 28.3 Å². The molecule has 0 radical (unpaired) electrons. The molecule has 2 aromatic carbocycles. The van der Waals surface area contributed by atoms with Crippen molar-refractivity contribution in [2.45, 2.75) is 31.0 Å². The van der Waals surface area contributed by atoms with E-state index in [1.165, 1.54) is 11.6 Å². The van der Waals surface area contributed by atoms with Gasteiger partial charge in [0.25, 0.3) is 0 Å². The van der Waals surface area contributed by atoms with Crippen LogP contribution in [-0.2, 0) is 22.9 Å². The number of ether oxygens (including phenoxy) is 1. The number of fused-ring (bicyclic) bond motifs is 1. The molecule has 0 saturated carbocycles. The molecule has 1 fully saturated rings. The van der Waals surface area contributed by atoms with Crippen LogP contribution in [0.2, 0.25) is 0 Å². The lowest BCUT2D eigenvalue weighted by Crippen LogP contribution is -2.43. The molecule has 6 heteroatoms. The zero-order valence-electron chi connectivity index (χ0n) is 16.4. The summed E-state index contributed by atoms with van der Waals surface area (Å²) in [5, 5.41) is 0.773. The first kappa shape index (κ1) is 20.0. The van der Waals surface area contributed by atoms with Gasteiger partial charge in [0.05, 0.1) is 18.8 Å². The predicted octanol–water partition coefficient (Wildman–Crippen LogP) is 5.37. The Bertz CT molecular complexity index is 957. The number of rotatable bonds is 5. The van der Waals surface area contributed by atoms with Crippen LogP contribution in [0, 0.1) is 0 Å². The quantitative estimate of drug-likeness (QED) is 0.622. The van der Waals surface area contributed by atoms with Crippen LogP contribution in [-0.4, -0.2) is 36.6 Å². The molecule has 3 aromatic rings. The molecule has 154 valence electrons. The van der Waals surface area contributed by atoms with Gasteiger partial charge in [0.15, 0.2) is 0 Å². The van der Waals surface area contributed by atoms with Crippen LogP contribution in [0.3, 0.4) is 0 Å². The van der Waals surface area contributed by atoms with Crippen molar-refractivity contribution >= 4 is 10.9 Å². The minimum absolute atomic E-state index is 0.104. The number of benzene rings is 2. The largest absolute Gasteiger partial charge is 0.416 e. The normalized spacial score (nSPS) is 17.7. The molecule has 0 amide bonds. The van der Waals surface area contributed by atoms with E-state index in [2.05, 4.69) is 29.1 Å². The maximum Gasteiger partial charge on any atom is 0.416 e. The smallest absolute Gasteiger partial charge is 0.376 e. The summed E-state index contributed by atoms with van der Waals surface area (Å²) in [5.41, 5.74) is 1.53. The number of aromatic amines is 1. The molecular formula is C23H25F3N2O. The average Bonchev–Trinajstić information content (AvgIpc) is 3.19. The third-order valence-electron chi connectivity index (χ3n) is 6.05. The van der Waals surface area contributed by atoms with Crippen molar-refractivity contribution in [3.63, 3.8) is 0 Å². The van der Waals surface area contributed by atoms with Crippen molar-refractivity contribution in [2.75, 3.05) is 26.7 Å². The lowest BCUT2D eigenvalue weighted by Gasteiger charge is -2.41. The summed E-state index contributed by atoms with van der Waals surface area (Å²) in [6, 6.07) is 14.5.